The summed E-state index contributed by atoms with van der Waals surface area (Å²) < 4.78 is 10.7. The summed E-state index contributed by atoms with van der Waals surface area (Å²) in [6.45, 7) is 0.955. The lowest BCUT2D eigenvalue weighted by atomic mass is 10.0. The molecule has 0 spiro atoms. The van der Waals surface area contributed by atoms with Crippen molar-refractivity contribution in [2.24, 2.45) is 0 Å². The molecule has 4 nitrogen and oxygen atoms in total. The molecule has 0 aromatic heterocycles. The molecule has 1 aliphatic heterocycles. The minimum absolute atomic E-state index is 0.657. The van der Waals surface area contributed by atoms with Crippen LogP contribution in [0.5, 0.6) is 11.5 Å². The van der Waals surface area contributed by atoms with Crippen LogP contribution in [-0.2, 0) is 6.42 Å². The van der Waals surface area contributed by atoms with Crippen molar-refractivity contribution < 1.29 is 9.47 Å². The highest BCUT2D eigenvalue weighted by molar-refractivity contribution is 5.80. The van der Waals surface area contributed by atoms with E-state index in [1.807, 2.05) is 12.1 Å². The summed E-state index contributed by atoms with van der Waals surface area (Å²) in [5.41, 5.74) is 10.5. The second-order valence-electron chi connectivity index (χ2n) is 5.15. The zero-order valence-electron chi connectivity index (χ0n) is 12.4. The predicted octanol–water partition coefficient (Wildman–Crippen LogP) is 3.37. The molecule has 0 radical (unpaired) electrons. The molecule has 110 valence electrons. The fraction of sp³-hybridized carbons (Fsp3) is 0.294. The van der Waals surface area contributed by atoms with E-state index in [4.69, 9.17) is 15.2 Å². The monoisotopic (exact) mass is 284 g/mol. The number of hydrogen-bond donors (Lipinski definition) is 1. The zero-order chi connectivity index (χ0) is 14.8. The quantitative estimate of drug-likeness (QED) is 0.878. The molecule has 2 aromatic rings. The van der Waals surface area contributed by atoms with Gasteiger partial charge in [-0.1, -0.05) is 18.2 Å². The number of ether oxygens (including phenoxy) is 2. The summed E-state index contributed by atoms with van der Waals surface area (Å²) in [6.07, 6.45) is 2.23. The number of nitrogens with zero attached hydrogens (tertiary/aromatic N) is 1. The molecule has 4 heteroatoms. The van der Waals surface area contributed by atoms with E-state index < -0.39 is 0 Å². The Labute approximate surface area is 125 Å². The number of aryl methyl sites for hydroxylation is 1. The van der Waals surface area contributed by atoms with Crippen molar-refractivity contribution in [2.75, 3.05) is 31.4 Å². The van der Waals surface area contributed by atoms with Crippen LogP contribution in [0.15, 0.2) is 36.4 Å². The van der Waals surface area contributed by atoms with E-state index in [2.05, 4.69) is 29.2 Å². The SMILES string of the molecule is COc1cc(N)c(N2CCCc3ccccc32)cc1OC. The minimum atomic E-state index is 0.657. The van der Waals surface area contributed by atoms with Gasteiger partial charge in [-0.15, -0.1) is 0 Å². The lowest BCUT2D eigenvalue weighted by Crippen LogP contribution is -2.25. The maximum Gasteiger partial charge on any atom is 0.162 e. The molecule has 0 amide bonds. The van der Waals surface area contributed by atoms with E-state index in [-0.39, 0.29) is 0 Å². The Kier molecular flexibility index (Phi) is 3.60. The van der Waals surface area contributed by atoms with E-state index in [0.717, 1.165) is 25.1 Å². The van der Waals surface area contributed by atoms with Crippen molar-refractivity contribution in [2.45, 2.75) is 12.8 Å². The van der Waals surface area contributed by atoms with Crippen LogP contribution < -0.4 is 20.1 Å². The number of benzene rings is 2. The fourth-order valence-electron chi connectivity index (χ4n) is 2.90. The molecule has 0 aliphatic carbocycles. The maximum absolute atomic E-state index is 6.23. The Balaban J connectivity index is 2.09. The van der Waals surface area contributed by atoms with Gasteiger partial charge < -0.3 is 20.1 Å². The third-order valence-electron chi connectivity index (χ3n) is 3.93. The van der Waals surface area contributed by atoms with Crippen molar-refractivity contribution in [3.8, 4) is 11.5 Å². The van der Waals surface area contributed by atoms with Gasteiger partial charge in [-0.05, 0) is 24.5 Å². The van der Waals surface area contributed by atoms with Crippen molar-refractivity contribution >= 4 is 17.1 Å². The normalized spacial score (nSPS) is 13.7. The first kappa shape index (κ1) is 13.6. The van der Waals surface area contributed by atoms with Gasteiger partial charge in [0.05, 0.1) is 25.6 Å². The molecule has 21 heavy (non-hydrogen) atoms. The number of fused-ring (bicyclic) bond motifs is 1. The molecule has 0 atom stereocenters. The first-order chi connectivity index (χ1) is 10.2. The number of methoxy groups -OCH3 is 2. The first-order valence-electron chi connectivity index (χ1n) is 7.11. The first-order valence-corrected chi connectivity index (χ1v) is 7.11. The molecular formula is C17H20N2O2. The van der Waals surface area contributed by atoms with Crippen LogP contribution in [0.2, 0.25) is 0 Å². The summed E-state index contributed by atoms with van der Waals surface area (Å²) in [5.74, 6) is 1.36. The van der Waals surface area contributed by atoms with Gasteiger partial charge in [0, 0.05) is 24.4 Å². The molecule has 0 unspecified atom stereocenters. The Hall–Kier alpha value is -2.36. The Morgan fingerprint density at radius 3 is 2.48 bits per heavy atom. The molecule has 2 aromatic carbocycles. The molecule has 0 bridgehead atoms. The molecular weight excluding hydrogens is 264 g/mol. The lowest BCUT2D eigenvalue weighted by molar-refractivity contribution is 0.355. The molecule has 0 saturated carbocycles. The van der Waals surface area contributed by atoms with Crippen molar-refractivity contribution in [1.82, 2.24) is 0 Å². The summed E-state index contributed by atoms with van der Waals surface area (Å²) >= 11 is 0. The highest BCUT2D eigenvalue weighted by Crippen LogP contribution is 2.41. The summed E-state index contributed by atoms with van der Waals surface area (Å²) in [6, 6.07) is 12.2. The van der Waals surface area contributed by atoms with Gasteiger partial charge in [-0.3, -0.25) is 0 Å². The molecule has 2 N–H and O–H groups in total. The van der Waals surface area contributed by atoms with Gasteiger partial charge in [-0.25, -0.2) is 0 Å². The number of hydrogen-bond acceptors (Lipinski definition) is 4. The Bertz CT molecular complexity index is 655. The molecule has 0 saturated heterocycles. The Morgan fingerprint density at radius 1 is 1.00 bits per heavy atom. The van der Waals surface area contributed by atoms with E-state index in [0.29, 0.717) is 17.2 Å². The number of nitrogens with two attached hydrogens (primary N) is 1. The fourth-order valence-corrected chi connectivity index (χ4v) is 2.90. The predicted molar refractivity (Wildman–Crippen MR) is 85.7 cm³/mol. The van der Waals surface area contributed by atoms with Crippen LogP contribution in [0.4, 0.5) is 17.1 Å². The van der Waals surface area contributed by atoms with Crippen LogP contribution >= 0.6 is 0 Å². The average Bonchev–Trinajstić information content (AvgIpc) is 2.54. The number of para-hydroxylation sites is 1. The molecule has 1 aliphatic rings. The number of anilines is 3. The van der Waals surface area contributed by atoms with Crippen molar-refractivity contribution in [1.29, 1.82) is 0 Å². The van der Waals surface area contributed by atoms with Crippen LogP contribution in [0.1, 0.15) is 12.0 Å². The average molecular weight is 284 g/mol. The smallest absolute Gasteiger partial charge is 0.162 e. The number of nitrogen functional groups attached to an aromatic ring is 1. The number of rotatable bonds is 3. The van der Waals surface area contributed by atoms with E-state index >= 15 is 0 Å². The van der Waals surface area contributed by atoms with Crippen LogP contribution in [0, 0.1) is 0 Å². The molecule has 0 fully saturated rings. The largest absolute Gasteiger partial charge is 0.493 e. The second kappa shape index (κ2) is 5.56. The summed E-state index contributed by atoms with van der Waals surface area (Å²) in [7, 11) is 3.26. The van der Waals surface area contributed by atoms with E-state index in [1.165, 1.54) is 11.3 Å². The van der Waals surface area contributed by atoms with Crippen LogP contribution in [0.25, 0.3) is 0 Å². The van der Waals surface area contributed by atoms with Gasteiger partial charge in [-0.2, -0.15) is 0 Å². The van der Waals surface area contributed by atoms with Gasteiger partial charge in [0.15, 0.2) is 11.5 Å². The molecule has 1 heterocycles. The Morgan fingerprint density at radius 2 is 1.71 bits per heavy atom. The van der Waals surface area contributed by atoms with E-state index in [9.17, 15) is 0 Å². The molecule has 3 rings (SSSR count). The third-order valence-corrected chi connectivity index (χ3v) is 3.93. The van der Waals surface area contributed by atoms with E-state index in [1.54, 1.807) is 14.2 Å². The zero-order valence-corrected chi connectivity index (χ0v) is 12.4. The third kappa shape index (κ3) is 2.37. The van der Waals surface area contributed by atoms with Gasteiger partial charge >= 0.3 is 0 Å². The second-order valence-corrected chi connectivity index (χ2v) is 5.15. The summed E-state index contributed by atoms with van der Waals surface area (Å²) in [5, 5.41) is 0. The van der Waals surface area contributed by atoms with Gasteiger partial charge in [0.1, 0.15) is 0 Å². The summed E-state index contributed by atoms with van der Waals surface area (Å²) in [4.78, 5) is 2.26. The standard InChI is InChI=1S/C17H20N2O2/c1-20-16-10-13(18)15(11-17(16)21-2)19-9-5-7-12-6-3-4-8-14(12)19/h3-4,6,8,10-11H,5,7,9,18H2,1-2H3. The van der Waals surface area contributed by atoms with Crippen molar-refractivity contribution in [3.05, 3.63) is 42.0 Å². The van der Waals surface area contributed by atoms with Crippen molar-refractivity contribution in [3.63, 3.8) is 0 Å². The minimum Gasteiger partial charge on any atom is -0.493 e. The van der Waals surface area contributed by atoms with Gasteiger partial charge in [0.2, 0.25) is 0 Å². The maximum atomic E-state index is 6.23. The highest BCUT2D eigenvalue weighted by Gasteiger charge is 2.21. The van der Waals surface area contributed by atoms with Crippen LogP contribution in [0.3, 0.4) is 0 Å². The van der Waals surface area contributed by atoms with Gasteiger partial charge in [0.25, 0.3) is 0 Å². The van der Waals surface area contributed by atoms with Crippen LogP contribution in [-0.4, -0.2) is 20.8 Å². The highest BCUT2D eigenvalue weighted by atomic mass is 16.5. The lowest BCUT2D eigenvalue weighted by Gasteiger charge is -2.32. The topological polar surface area (TPSA) is 47.7 Å².